The molecule has 1 aliphatic heterocycles. The lowest BCUT2D eigenvalue weighted by molar-refractivity contribution is -0.384. The first-order chi connectivity index (χ1) is 14.0. The molecule has 1 fully saturated rings. The van der Waals surface area contributed by atoms with E-state index in [1.165, 1.54) is 12.1 Å². The van der Waals surface area contributed by atoms with E-state index >= 15 is 0 Å². The third kappa shape index (κ3) is 5.23. The molecular formula is C21H26N4O4. The summed E-state index contributed by atoms with van der Waals surface area (Å²) >= 11 is 0. The highest BCUT2D eigenvalue weighted by molar-refractivity contribution is 5.81. The topological polar surface area (TPSA) is 88.0 Å². The summed E-state index contributed by atoms with van der Waals surface area (Å²) in [5.41, 5.74) is 2.08. The monoisotopic (exact) mass is 398 g/mol. The molecule has 0 aromatic heterocycles. The SMILES string of the molecule is COc1ccc(CNC(=O)[C@H](C)N2CCN(c3ccc([N+](=O)[O-])cc3)CC2)cc1. The number of hydrogen-bond donors (Lipinski definition) is 1. The highest BCUT2D eigenvalue weighted by Crippen LogP contribution is 2.21. The molecule has 0 aliphatic carbocycles. The molecule has 1 heterocycles. The molecule has 0 bridgehead atoms. The van der Waals surface area contributed by atoms with Crippen LogP contribution < -0.4 is 15.0 Å². The highest BCUT2D eigenvalue weighted by atomic mass is 16.6. The van der Waals surface area contributed by atoms with Gasteiger partial charge in [0.25, 0.3) is 5.69 Å². The smallest absolute Gasteiger partial charge is 0.269 e. The summed E-state index contributed by atoms with van der Waals surface area (Å²) in [7, 11) is 1.62. The number of nitrogens with one attached hydrogen (secondary N) is 1. The van der Waals surface area contributed by atoms with E-state index in [1.807, 2.05) is 31.2 Å². The van der Waals surface area contributed by atoms with E-state index in [4.69, 9.17) is 4.74 Å². The van der Waals surface area contributed by atoms with Gasteiger partial charge in [-0.3, -0.25) is 19.8 Å². The van der Waals surface area contributed by atoms with Crippen molar-refractivity contribution >= 4 is 17.3 Å². The lowest BCUT2D eigenvalue weighted by atomic mass is 10.1. The van der Waals surface area contributed by atoms with Crippen LogP contribution in [-0.4, -0.2) is 55.1 Å². The van der Waals surface area contributed by atoms with Crippen LogP contribution in [0.2, 0.25) is 0 Å². The van der Waals surface area contributed by atoms with Gasteiger partial charge < -0.3 is 15.0 Å². The molecule has 3 rings (SSSR count). The number of amides is 1. The van der Waals surface area contributed by atoms with E-state index in [0.29, 0.717) is 6.54 Å². The Morgan fingerprint density at radius 1 is 1.10 bits per heavy atom. The number of nitro benzene ring substituents is 1. The quantitative estimate of drug-likeness (QED) is 0.569. The molecule has 2 aromatic rings. The first kappa shape index (κ1) is 20.6. The molecule has 154 valence electrons. The van der Waals surface area contributed by atoms with Gasteiger partial charge in [0.15, 0.2) is 0 Å². The second-order valence-electron chi connectivity index (χ2n) is 7.04. The van der Waals surface area contributed by atoms with Gasteiger partial charge in [0, 0.05) is 50.5 Å². The van der Waals surface area contributed by atoms with E-state index in [-0.39, 0.29) is 17.6 Å². The molecule has 1 saturated heterocycles. The third-order valence-corrected chi connectivity index (χ3v) is 5.29. The van der Waals surface area contributed by atoms with Crippen LogP contribution in [0.3, 0.4) is 0 Å². The lowest BCUT2D eigenvalue weighted by Crippen LogP contribution is -2.53. The molecular weight excluding hydrogens is 372 g/mol. The molecule has 2 aromatic carbocycles. The molecule has 0 saturated carbocycles. The number of carbonyl (C=O) groups is 1. The third-order valence-electron chi connectivity index (χ3n) is 5.29. The summed E-state index contributed by atoms with van der Waals surface area (Å²) < 4.78 is 5.14. The summed E-state index contributed by atoms with van der Waals surface area (Å²) in [6.07, 6.45) is 0. The van der Waals surface area contributed by atoms with Crippen molar-refractivity contribution in [2.24, 2.45) is 0 Å². The van der Waals surface area contributed by atoms with Crippen LogP contribution >= 0.6 is 0 Å². The van der Waals surface area contributed by atoms with Gasteiger partial charge in [-0.1, -0.05) is 12.1 Å². The minimum atomic E-state index is -0.395. The molecule has 0 radical (unpaired) electrons. The number of piperazine rings is 1. The largest absolute Gasteiger partial charge is 0.497 e. The van der Waals surface area contributed by atoms with Gasteiger partial charge in [-0.25, -0.2) is 0 Å². The van der Waals surface area contributed by atoms with E-state index in [2.05, 4.69) is 15.1 Å². The number of anilines is 1. The summed E-state index contributed by atoms with van der Waals surface area (Å²) in [4.78, 5) is 27.3. The molecule has 1 aliphatic rings. The minimum Gasteiger partial charge on any atom is -0.497 e. The number of hydrogen-bond acceptors (Lipinski definition) is 6. The maximum atomic E-state index is 12.5. The second kappa shape index (κ2) is 9.38. The van der Waals surface area contributed by atoms with E-state index in [1.54, 1.807) is 19.2 Å². The van der Waals surface area contributed by atoms with Crippen molar-refractivity contribution in [2.75, 3.05) is 38.2 Å². The van der Waals surface area contributed by atoms with Crippen molar-refractivity contribution in [1.29, 1.82) is 0 Å². The fraction of sp³-hybridized carbons (Fsp3) is 0.381. The molecule has 1 atom stereocenters. The average Bonchev–Trinajstić information content (AvgIpc) is 2.77. The number of benzene rings is 2. The Labute approximate surface area is 170 Å². The predicted molar refractivity (Wildman–Crippen MR) is 111 cm³/mol. The van der Waals surface area contributed by atoms with Gasteiger partial charge >= 0.3 is 0 Å². The lowest BCUT2D eigenvalue weighted by Gasteiger charge is -2.38. The van der Waals surface area contributed by atoms with Crippen molar-refractivity contribution < 1.29 is 14.5 Å². The summed E-state index contributed by atoms with van der Waals surface area (Å²) in [5.74, 6) is 0.795. The van der Waals surface area contributed by atoms with E-state index in [0.717, 1.165) is 43.2 Å². The molecule has 8 nitrogen and oxygen atoms in total. The Hall–Kier alpha value is -3.13. The first-order valence-electron chi connectivity index (χ1n) is 9.62. The highest BCUT2D eigenvalue weighted by Gasteiger charge is 2.25. The number of methoxy groups -OCH3 is 1. The van der Waals surface area contributed by atoms with Crippen LogP contribution in [0.15, 0.2) is 48.5 Å². The summed E-state index contributed by atoms with van der Waals surface area (Å²) in [5, 5.41) is 13.8. The summed E-state index contributed by atoms with van der Waals surface area (Å²) in [6, 6.07) is 14.0. The van der Waals surface area contributed by atoms with Gasteiger partial charge in [-0.2, -0.15) is 0 Å². The zero-order valence-electron chi connectivity index (χ0n) is 16.7. The summed E-state index contributed by atoms with van der Waals surface area (Å²) in [6.45, 7) is 5.46. The number of ether oxygens (including phenoxy) is 1. The fourth-order valence-corrected chi connectivity index (χ4v) is 3.40. The van der Waals surface area contributed by atoms with E-state index < -0.39 is 4.92 Å². The van der Waals surface area contributed by atoms with E-state index in [9.17, 15) is 14.9 Å². The van der Waals surface area contributed by atoms with Gasteiger partial charge in [-0.15, -0.1) is 0 Å². The van der Waals surface area contributed by atoms with Crippen LogP contribution in [0.5, 0.6) is 5.75 Å². The Kier molecular flexibility index (Phi) is 6.66. The number of nitrogens with zero attached hydrogens (tertiary/aromatic N) is 3. The van der Waals surface area contributed by atoms with Gasteiger partial charge in [-0.05, 0) is 36.8 Å². The predicted octanol–water partition coefficient (Wildman–Crippen LogP) is 2.43. The van der Waals surface area contributed by atoms with Crippen LogP contribution in [0.25, 0.3) is 0 Å². The number of non-ortho nitro benzene ring substituents is 1. The van der Waals surface area contributed by atoms with Gasteiger partial charge in [0.1, 0.15) is 5.75 Å². The zero-order chi connectivity index (χ0) is 20.8. The van der Waals surface area contributed by atoms with Crippen LogP contribution in [0, 0.1) is 10.1 Å². The molecule has 1 N–H and O–H groups in total. The Balaban J connectivity index is 1.47. The van der Waals surface area contributed by atoms with Gasteiger partial charge in [0.05, 0.1) is 18.1 Å². The first-order valence-corrected chi connectivity index (χ1v) is 9.62. The molecule has 29 heavy (non-hydrogen) atoms. The van der Waals surface area contributed by atoms with Crippen molar-refractivity contribution in [3.8, 4) is 5.75 Å². The number of nitro groups is 1. The van der Waals surface area contributed by atoms with Crippen LogP contribution in [0.1, 0.15) is 12.5 Å². The molecule has 1 amide bonds. The fourth-order valence-electron chi connectivity index (χ4n) is 3.40. The Morgan fingerprint density at radius 3 is 2.28 bits per heavy atom. The second-order valence-corrected chi connectivity index (χ2v) is 7.04. The Bertz CT molecular complexity index is 831. The zero-order valence-corrected chi connectivity index (χ0v) is 16.7. The van der Waals surface area contributed by atoms with Gasteiger partial charge in [0.2, 0.25) is 5.91 Å². The van der Waals surface area contributed by atoms with Crippen molar-refractivity contribution in [2.45, 2.75) is 19.5 Å². The normalized spacial score (nSPS) is 15.6. The number of rotatable bonds is 7. The van der Waals surface area contributed by atoms with Crippen LogP contribution in [0.4, 0.5) is 11.4 Å². The maximum Gasteiger partial charge on any atom is 0.269 e. The van der Waals surface area contributed by atoms with Crippen LogP contribution in [-0.2, 0) is 11.3 Å². The maximum absolute atomic E-state index is 12.5. The average molecular weight is 398 g/mol. The molecule has 8 heteroatoms. The van der Waals surface area contributed by atoms with Crippen molar-refractivity contribution in [3.05, 3.63) is 64.2 Å². The number of carbonyl (C=O) groups excluding carboxylic acids is 1. The minimum absolute atomic E-state index is 0.00426. The standard InChI is InChI=1S/C21H26N4O4/c1-16(21(26)22-15-17-3-9-20(29-2)10-4-17)23-11-13-24(14-12-23)18-5-7-19(8-6-18)25(27)28/h3-10,16H,11-15H2,1-2H3,(H,22,26)/t16-/m0/s1. The molecule has 0 spiro atoms. The van der Waals surface area contributed by atoms with Crippen molar-refractivity contribution in [3.63, 3.8) is 0 Å². The van der Waals surface area contributed by atoms with Crippen molar-refractivity contribution in [1.82, 2.24) is 10.2 Å². The molecule has 0 unspecified atom stereocenters. The Morgan fingerprint density at radius 2 is 1.72 bits per heavy atom.